The van der Waals surface area contributed by atoms with Gasteiger partial charge in [-0.1, -0.05) is 66.2 Å². The Labute approximate surface area is 232 Å². The monoisotopic (exact) mass is 544 g/mol. The number of aromatic amines is 1. The molecule has 39 heavy (non-hydrogen) atoms. The summed E-state index contributed by atoms with van der Waals surface area (Å²) in [5, 5.41) is 9.52. The van der Waals surface area contributed by atoms with Crippen LogP contribution in [0.4, 0.5) is 0 Å². The van der Waals surface area contributed by atoms with Crippen LogP contribution < -0.4 is 16.4 Å². The van der Waals surface area contributed by atoms with Crippen molar-refractivity contribution in [1.82, 2.24) is 25.5 Å². The van der Waals surface area contributed by atoms with Crippen LogP contribution in [-0.4, -0.2) is 64.4 Å². The Balaban J connectivity index is 1.28. The van der Waals surface area contributed by atoms with Gasteiger partial charge in [-0.2, -0.15) is 0 Å². The molecule has 0 unspecified atom stereocenters. The second kappa shape index (κ2) is 12.4. The Morgan fingerprint density at radius 1 is 1.05 bits per heavy atom. The molecule has 1 aliphatic heterocycles. The number of fused-ring (bicyclic) bond motifs is 1. The van der Waals surface area contributed by atoms with Gasteiger partial charge in [0.05, 0.1) is 12.4 Å². The van der Waals surface area contributed by atoms with E-state index in [-0.39, 0.29) is 17.9 Å². The first-order valence-corrected chi connectivity index (χ1v) is 13.6. The Hall–Kier alpha value is -3.72. The fourth-order valence-corrected chi connectivity index (χ4v) is 5.22. The number of piperazine rings is 1. The molecule has 0 radical (unpaired) electrons. The summed E-state index contributed by atoms with van der Waals surface area (Å²) in [5.41, 5.74) is 9.07. The summed E-state index contributed by atoms with van der Waals surface area (Å²) < 4.78 is 0. The number of amides is 2. The molecule has 0 bridgehead atoms. The Morgan fingerprint density at radius 2 is 1.82 bits per heavy atom. The molecule has 3 aromatic carbocycles. The van der Waals surface area contributed by atoms with Gasteiger partial charge in [-0.05, 0) is 40.5 Å². The van der Waals surface area contributed by atoms with Gasteiger partial charge >= 0.3 is 0 Å². The predicted octanol–water partition coefficient (Wildman–Crippen LogP) is 2.86. The van der Waals surface area contributed by atoms with E-state index in [1.165, 1.54) is 16.3 Å². The van der Waals surface area contributed by atoms with Crippen LogP contribution in [0.5, 0.6) is 0 Å². The maximum absolute atomic E-state index is 13.8. The minimum atomic E-state index is -0.811. The van der Waals surface area contributed by atoms with Crippen molar-refractivity contribution >= 4 is 34.2 Å². The molecule has 4 aromatic rings. The number of rotatable bonds is 9. The number of imidazole rings is 1. The average Bonchev–Trinajstić information content (AvgIpc) is 3.46. The topological polar surface area (TPSA) is 116 Å². The lowest BCUT2D eigenvalue weighted by Crippen LogP contribution is -2.59. The van der Waals surface area contributed by atoms with Crippen molar-refractivity contribution in [3.63, 3.8) is 0 Å². The number of benzene rings is 3. The number of nitrogens with one attached hydrogen (secondary N) is 3. The van der Waals surface area contributed by atoms with E-state index in [1.807, 2.05) is 29.2 Å². The Bertz CT molecular complexity index is 1410. The van der Waals surface area contributed by atoms with Crippen LogP contribution in [0.1, 0.15) is 16.8 Å². The summed E-state index contributed by atoms with van der Waals surface area (Å²) in [4.78, 5) is 35.7. The molecule has 5 N–H and O–H groups in total. The van der Waals surface area contributed by atoms with Crippen LogP contribution in [0.25, 0.3) is 10.8 Å². The number of H-pyrrole nitrogens is 1. The number of hydrogen-bond acceptors (Lipinski definition) is 5. The zero-order chi connectivity index (χ0) is 27.2. The van der Waals surface area contributed by atoms with Crippen LogP contribution >= 0.6 is 11.6 Å². The average molecular weight is 545 g/mol. The SMILES string of the molecule is N[C@@H](Cc1cnc[nH]1)C(=O)N[C@H](Cc1ccc(Cl)cc1)C(=O)N1CCN[C@H](Cc2ccc3ccccc3c2)C1. The smallest absolute Gasteiger partial charge is 0.245 e. The Morgan fingerprint density at radius 3 is 2.59 bits per heavy atom. The molecule has 1 fully saturated rings. The number of nitrogens with two attached hydrogens (primary N) is 1. The lowest BCUT2D eigenvalue weighted by Gasteiger charge is -2.36. The highest BCUT2D eigenvalue weighted by Crippen LogP contribution is 2.18. The zero-order valence-corrected chi connectivity index (χ0v) is 22.4. The highest BCUT2D eigenvalue weighted by Gasteiger charge is 2.31. The van der Waals surface area contributed by atoms with Gasteiger partial charge < -0.3 is 26.3 Å². The van der Waals surface area contributed by atoms with Crippen molar-refractivity contribution in [2.75, 3.05) is 19.6 Å². The molecule has 2 heterocycles. The van der Waals surface area contributed by atoms with Crippen LogP contribution in [-0.2, 0) is 28.9 Å². The highest BCUT2D eigenvalue weighted by atomic mass is 35.5. The van der Waals surface area contributed by atoms with E-state index in [0.29, 0.717) is 37.5 Å². The second-order valence-corrected chi connectivity index (χ2v) is 10.5. The first kappa shape index (κ1) is 26.9. The van der Waals surface area contributed by atoms with Gasteiger partial charge in [-0.3, -0.25) is 9.59 Å². The molecule has 3 atom stereocenters. The Kier molecular flexibility index (Phi) is 8.56. The van der Waals surface area contributed by atoms with Gasteiger partial charge in [-0.15, -0.1) is 0 Å². The van der Waals surface area contributed by atoms with E-state index in [4.69, 9.17) is 17.3 Å². The minimum absolute atomic E-state index is 0.110. The lowest BCUT2D eigenvalue weighted by atomic mass is 9.99. The summed E-state index contributed by atoms with van der Waals surface area (Å²) >= 11 is 6.06. The molecular formula is C30H33ClN6O2. The van der Waals surface area contributed by atoms with Crippen molar-refractivity contribution in [3.05, 3.63) is 101 Å². The summed E-state index contributed by atoms with van der Waals surface area (Å²) in [6.45, 7) is 1.81. The van der Waals surface area contributed by atoms with E-state index >= 15 is 0 Å². The predicted molar refractivity (Wildman–Crippen MR) is 153 cm³/mol. The number of nitrogens with zero attached hydrogens (tertiary/aromatic N) is 2. The van der Waals surface area contributed by atoms with Crippen LogP contribution in [0.3, 0.4) is 0 Å². The van der Waals surface area contributed by atoms with E-state index in [2.05, 4.69) is 50.9 Å². The van der Waals surface area contributed by atoms with Crippen LogP contribution in [0.15, 0.2) is 79.3 Å². The largest absolute Gasteiger partial charge is 0.348 e. The van der Waals surface area contributed by atoms with Crippen molar-refractivity contribution in [1.29, 1.82) is 0 Å². The highest BCUT2D eigenvalue weighted by molar-refractivity contribution is 6.30. The number of halogens is 1. The maximum atomic E-state index is 13.8. The quantitative estimate of drug-likeness (QED) is 0.258. The van der Waals surface area contributed by atoms with Gasteiger partial charge in [0.2, 0.25) is 11.8 Å². The van der Waals surface area contributed by atoms with E-state index in [0.717, 1.165) is 17.7 Å². The van der Waals surface area contributed by atoms with E-state index in [9.17, 15) is 9.59 Å². The second-order valence-electron chi connectivity index (χ2n) is 10.1. The van der Waals surface area contributed by atoms with Gasteiger partial charge in [0, 0.05) is 55.4 Å². The molecule has 5 rings (SSSR count). The molecule has 1 saturated heterocycles. The third kappa shape index (κ3) is 7.03. The first-order valence-electron chi connectivity index (χ1n) is 13.2. The molecule has 1 aromatic heterocycles. The third-order valence-corrected chi connectivity index (χ3v) is 7.41. The summed E-state index contributed by atoms with van der Waals surface area (Å²) in [7, 11) is 0. The maximum Gasteiger partial charge on any atom is 0.245 e. The van der Waals surface area contributed by atoms with E-state index in [1.54, 1.807) is 24.7 Å². The molecule has 2 amide bonds. The normalized spacial score (nSPS) is 17.1. The molecule has 0 saturated carbocycles. The van der Waals surface area contributed by atoms with Crippen LogP contribution in [0, 0.1) is 0 Å². The van der Waals surface area contributed by atoms with Gasteiger partial charge in [-0.25, -0.2) is 4.98 Å². The van der Waals surface area contributed by atoms with Gasteiger partial charge in [0.25, 0.3) is 0 Å². The number of hydrogen-bond donors (Lipinski definition) is 4. The summed E-state index contributed by atoms with van der Waals surface area (Å²) in [6.07, 6.45) is 4.64. The fraction of sp³-hybridized carbons (Fsp3) is 0.300. The summed E-state index contributed by atoms with van der Waals surface area (Å²) in [5.74, 6) is -0.489. The fourth-order valence-electron chi connectivity index (χ4n) is 5.09. The van der Waals surface area contributed by atoms with Crippen molar-refractivity contribution in [2.45, 2.75) is 37.4 Å². The molecule has 0 aliphatic carbocycles. The molecular weight excluding hydrogens is 512 g/mol. The van der Waals surface area contributed by atoms with Crippen LogP contribution in [0.2, 0.25) is 5.02 Å². The number of carbonyl (C=O) groups is 2. The molecule has 8 nitrogen and oxygen atoms in total. The van der Waals surface area contributed by atoms with Crippen molar-refractivity contribution < 1.29 is 9.59 Å². The molecule has 202 valence electrons. The first-order chi connectivity index (χ1) is 18.9. The molecule has 9 heteroatoms. The van der Waals surface area contributed by atoms with Crippen molar-refractivity contribution in [3.8, 4) is 0 Å². The number of carbonyl (C=O) groups excluding carboxylic acids is 2. The van der Waals surface area contributed by atoms with Gasteiger partial charge in [0.1, 0.15) is 6.04 Å². The molecule has 0 spiro atoms. The van der Waals surface area contributed by atoms with Crippen molar-refractivity contribution in [2.24, 2.45) is 5.73 Å². The molecule has 1 aliphatic rings. The van der Waals surface area contributed by atoms with Gasteiger partial charge in [0.15, 0.2) is 0 Å². The minimum Gasteiger partial charge on any atom is -0.348 e. The third-order valence-electron chi connectivity index (χ3n) is 7.16. The number of aromatic nitrogens is 2. The zero-order valence-electron chi connectivity index (χ0n) is 21.6. The van der Waals surface area contributed by atoms with E-state index < -0.39 is 12.1 Å². The lowest BCUT2D eigenvalue weighted by molar-refractivity contribution is -0.137. The summed E-state index contributed by atoms with van der Waals surface area (Å²) in [6, 6.07) is 20.7. The standard InChI is InChI=1S/C30H33ClN6O2/c31-24-9-6-20(7-10-24)15-28(36-29(38)27(32)16-25-17-33-19-35-25)30(39)37-12-11-34-26(18-37)14-21-5-8-22-3-1-2-4-23(22)13-21/h1-10,13,17,19,26-28,34H,11-12,14-16,18,32H2,(H,33,35)(H,36,38)/t26-,27+,28-/m1/s1.